The number of aromatic nitrogens is 4. The number of carbonyl (C=O) groups excluding carboxylic acids is 1. The number of aryl methyl sites for hydroxylation is 1. The van der Waals surface area contributed by atoms with Gasteiger partial charge in [0.2, 0.25) is 11.9 Å². The molecule has 25 heavy (non-hydrogen) atoms. The van der Waals surface area contributed by atoms with Crippen molar-refractivity contribution in [3.8, 4) is 0 Å². The Morgan fingerprint density at radius 3 is 2.56 bits per heavy atom. The van der Waals surface area contributed by atoms with E-state index >= 15 is 0 Å². The van der Waals surface area contributed by atoms with Gasteiger partial charge in [-0.15, -0.1) is 0 Å². The average molecular weight is 404 g/mol. The molecule has 1 aromatic carbocycles. The Morgan fingerprint density at radius 2 is 1.92 bits per heavy atom. The lowest BCUT2D eigenvalue weighted by atomic mass is 10.2. The van der Waals surface area contributed by atoms with Gasteiger partial charge in [-0.25, -0.2) is 4.98 Å². The monoisotopic (exact) mass is 403 g/mol. The fourth-order valence-corrected chi connectivity index (χ4v) is 2.72. The van der Waals surface area contributed by atoms with Gasteiger partial charge in [-0.3, -0.25) is 19.6 Å². The van der Waals surface area contributed by atoms with Crippen molar-refractivity contribution in [3.05, 3.63) is 55.9 Å². The van der Waals surface area contributed by atoms with Crippen LogP contribution in [0.15, 0.2) is 33.5 Å². The van der Waals surface area contributed by atoms with E-state index in [2.05, 4.69) is 31.0 Å². The maximum absolute atomic E-state index is 12.4. The SMILES string of the molecule is CCC(=O)N(Cc1ccc(Br)cc1)c1nc2nc(C)c(C)c(=O)n2[nH]1. The predicted octanol–water partition coefficient (Wildman–Crippen LogP) is 2.74. The van der Waals surface area contributed by atoms with Crippen LogP contribution in [0.4, 0.5) is 5.95 Å². The van der Waals surface area contributed by atoms with Gasteiger partial charge in [-0.2, -0.15) is 9.50 Å². The van der Waals surface area contributed by atoms with Gasteiger partial charge >= 0.3 is 0 Å². The first kappa shape index (κ1) is 17.3. The summed E-state index contributed by atoms with van der Waals surface area (Å²) in [6, 6.07) is 7.70. The van der Waals surface area contributed by atoms with Gasteiger partial charge in [-0.05, 0) is 31.5 Å². The number of nitrogens with one attached hydrogen (secondary N) is 1. The van der Waals surface area contributed by atoms with E-state index in [1.54, 1.807) is 20.8 Å². The number of aromatic amines is 1. The summed E-state index contributed by atoms with van der Waals surface area (Å²) in [6.07, 6.45) is 0.327. The molecule has 2 heterocycles. The predicted molar refractivity (Wildman–Crippen MR) is 98.7 cm³/mol. The normalized spacial score (nSPS) is 11.0. The van der Waals surface area contributed by atoms with Crippen LogP contribution >= 0.6 is 15.9 Å². The highest BCUT2D eigenvalue weighted by Crippen LogP contribution is 2.17. The molecule has 3 aromatic rings. The fourth-order valence-electron chi connectivity index (χ4n) is 2.46. The van der Waals surface area contributed by atoms with Crippen LogP contribution in [0, 0.1) is 13.8 Å². The molecule has 1 N–H and O–H groups in total. The Morgan fingerprint density at radius 1 is 1.24 bits per heavy atom. The van der Waals surface area contributed by atoms with Crippen molar-refractivity contribution in [1.82, 2.24) is 19.6 Å². The molecule has 0 radical (unpaired) electrons. The maximum atomic E-state index is 12.4. The van der Waals surface area contributed by atoms with E-state index in [0.29, 0.717) is 30.2 Å². The number of benzene rings is 1. The molecule has 2 aromatic heterocycles. The number of amides is 1. The third-order valence-corrected chi connectivity index (χ3v) is 4.59. The number of hydrogen-bond donors (Lipinski definition) is 1. The molecular weight excluding hydrogens is 386 g/mol. The van der Waals surface area contributed by atoms with Crippen LogP contribution in [-0.4, -0.2) is 25.5 Å². The number of anilines is 1. The van der Waals surface area contributed by atoms with Crippen LogP contribution in [0.1, 0.15) is 30.2 Å². The molecule has 0 atom stereocenters. The van der Waals surface area contributed by atoms with Gasteiger partial charge in [-0.1, -0.05) is 35.0 Å². The van der Waals surface area contributed by atoms with Crippen LogP contribution in [-0.2, 0) is 11.3 Å². The molecule has 7 nitrogen and oxygen atoms in total. The number of H-pyrrole nitrogens is 1. The Balaban J connectivity index is 2.06. The van der Waals surface area contributed by atoms with Crippen molar-refractivity contribution >= 4 is 33.6 Å². The molecule has 8 heteroatoms. The second kappa shape index (κ2) is 6.79. The Hall–Kier alpha value is -2.48. The van der Waals surface area contributed by atoms with E-state index < -0.39 is 0 Å². The van der Waals surface area contributed by atoms with E-state index in [0.717, 1.165) is 10.0 Å². The third kappa shape index (κ3) is 3.34. The topological polar surface area (TPSA) is 83.4 Å². The van der Waals surface area contributed by atoms with Crippen molar-refractivity contribution in [2.75, 3.05) is 4.90 Å². The zero-order chi connectivity index (χ0) is 18.1. The minimum absolute atomic E-state index is 0.0940. The Labute approximate surface area is 152 Å². The largest absolute Gasteiger partial charge is 0.277 e. The van der Waals surface area contributed by atoms with Crippen molar-refractivity contribution in [3.63, 3.8) is 0 Å². The minimum atomic E-state index is -0.214. The van der Waals surface area contributed by atoms with E-state index in [1.807, 2.05) is 24.3 Å². The van der Waals surface area contributed by atoms with Crippen LogP contribution in [0.5, 0.6) is 0 Å². The van der Waals surface area contributed by atoms with Gasteiger partial charge in [0.25, 0.3) is 11.3 Å². The molecule has 3 rings (SSSR count). The molecule has 0 aliphatic rings. The highest BCUT2D eigenvalue weighted by Gasteiger charge is 2.20. The fraction of sp³-hybridized carbons (Fsp3) is 0.294. The van der Waals surface area contributed by atoms with Crippen LogP contribution in [0.3, 0.4) is 0 Å². The molecule has 0 bridgehead atoms. The van der Waals surface area contributed by atoms with Gasteiger partial charge in [0.15, 0.2) is 0 Å². The summed E-state index contributed by atoms with van der Waals surface area (Å²) in [5, 5.41) is 2.91. The number of nitrogens with zero attached hydrogens (tertiary/aromatic N) is 4. The summed E-state index contributed by atoms with van der Waals surface area (Å²) in [6.45, 7) is 5.63. The standard InChI is InChI=1S/C17H18BrN5O2/c1-4-14(24)22(9-12-5-7-13(18)8-6-12)17-20-16-19-11(3)10(2)15(25)23(16)21-17/h5-8H,4,9H2,1-3H3,(H,19,20,21). The first-order valence-corrected chi connectivity index (χ1v) is 8.70. The number of hydrogen-bond acceptors (Lipinski definition) is 4. The second-order valence-electron chi connectivity index (χ2n) is 5.77. The molecule has 0 aliphatic carbocycles. The van der Waals surface area contributed by atoms with Gasteiger partial charge in [0, 0.05) is 22.2 Å². The minimum Gasteiger partial charge on any atom is -0.277 e. The number of rotatable bonds is 4. The lowest BCUT2D eigenvalue weighted by molar-refractivity contribution is -0.118. The van der Waals surface area contributed by atoms with Crippen LogP contribution in [0.25, 0.3) is 5.78 Å². The molecule has 0 aliphatic heterocycles. The molecule has 0 spiro atoms. The Kier molecular flexibility index (Phi) is 4.71. The smallest absolute Gasteiger partial charge is 0.277 e. The van der Waals surface area contributed by atoms with Crippen molar-refractivity contribution in [2.24, 2.45) is 0 Å². The highest BCUT2D eigenvalue weighted by atomic mass is 79.9. The van der Waals surface area contributed by atoms with Crippen molar-refractivity contribution in [1.29, 1.82) is 0 Å². The van der Waals surface area contributed by atoms with Gasteiger partial charge < -0.3 is 0 Å². The van der Waals surface area contributed by atoms with Gasteiger partial charge in [0.05, 0.1) is 6.54 Å². The van der Waals surface area contributed by atoms with E-state index in [-0.39, 0.29) is 17.2 Å². The summed E-state index contributed by atoms with van der Waals surface area (Å²) in [4.78, 5) is 35.0. The van der Waals surface area contributed by atoms with Crippen LogP contribution in [0.2, 0.25) is 0 Å². The van der Waals surface area contributed by atoms with Crippen molar-refractivity contribution < 1.29 is 4.79 Å². The summed E-state index contributed by atoms with van der Waals surface area (Å²) in [5.41, 5.74) is 1.92. The average Bonchev–Trinajstić information content (AvgIpc) is 3.02. The molecule has 0 saturated heterocycles. The van der Waals surface area contributed by atoms with E-state index in [1.165, 1.54) is 9.42 Å². The third-order valence-electron chi connectivity index (χ3n) is 4.07. The lowest BCUT2D eigenvalue weighted by Gasteiger charge is -2.19. The number of carbonyl (C=O) groups is 1. The van der Waals surface area contributed by atoms with Gasteiger partial charge in [0.1, 0.15) is 0 Å². The zero-order valence-electron chi connectivity index (χ0n) is 14.2. The highest BCUT2D eigenvalue weighted by molar-refractivity contribution is 9.10. The summed E-state index contributed by atoms with van der Waals surface area (Å²) >= 11 is 3.40. The van der Waals surface area contributed by atoms with E-state index in [9.17, 15) is 9.59 Å². The summed E-state index contributed by atoms with van der Waals surface area (Å²) in [7, 11) is 0. The van der Waals surface area contributed by atoms with Crippen molar-refractivity contribution in [2.45, 2.75) is 33.7 Å². The molecule has 130 valence electrons. The first-order valence-electron chi connectivity index (χ1n) is 7.91. The molecule has 0 fully saturated rings. The summed E-state index contributed by atoms with van der Waals surface area (Å²) in [5.74, 6) is 0.473. The lowest BCUT2D eigenvalue weighted by Crippen LogP contribution is -2.31. The summed E-state index contributed by atoms with van der Waals surface area (Å²) < 4.78 is 2.24. The Bertz CT molecular complexity index is 991. The van der Waals surface area contributed by atoms with Crippen LogP contribution < -0.4 is 10.5 Å². The quantitative estimate of drug-likeness (QED) is 0.725. The van der Waals surface area contributed by atoms with E-state index in [4.69, 9.17) is 0 Å². The number of halogens is 1. The maximum Gasteiger partial charge on any atom is 0.277 e. The number of fused-ring (bicyclic) bond motifs is 1. The molecular formula is C17H18BrN5O2. The first-order chi connectivity index (χ1) is 11.9. The molecule has 0 unspecified atom stereocenters. The second-order valence-corrected chi connectivity index (χ2v) is 6.69. The molecule has 1 amide bonds. The zero-order valence-corrected chi connectivity index (χ0v) is 15.8. The molecule has 0 saturated carbocycles.